The summed E-state index contributed by atoms with van der Waals surface area (Å²) in [5.41, 5.74) is 7.39. The Kier molecular flexibility index (Phi) is 5.20. The number of hydrogen-bond donors (Lipinski definition) is 3. The van der Waals surface area contributed by atoms with Crippen LogP contribution in [0, 0.1) is 0 Å². The molecular weight excluding hydrogens is 288 g/mol. The van der Waals surface area contributed by atoms with Crippen molar-refractivity contribution in [2.45, 2.75) is 12.5 Å². The van der Waals surface area contributed by atoms with E-state index in [1.165, 1.54) is 0 Å². The van der Waals surface area contributed by atoms with Crippen LogP contribution in [0.25, 0.3) is 0 Å². The predicted molar refractivity (Wildman–Crippen MR) is 84.4 cm³/mol. The van der Waals surface area contributed by atoms with Crippen molar-refractivity contribution in [2.24, 2.45) is 0 Å². The van der Waals surface area contributed by atoms with E-state index in [0.29, 0.717) is 17.0 Å². The number of anilines is 1. The quantitative estimate of drug-likeness (QED) is 0.742. The van der Waals surface area contributed by atoms with Crippen LogP contribution in [0.1, 0.15) is 15.9 Å². The van der Waals surface area contributed by atoms with Gasteiger partial charge in [-0.3, -0.25) is 4.79 Å². The molecule has 0 fully saturated rings. The number of nitrogens with one attached hydrogen (secondary N) is 1. The lowest BCUT2D eigenvalue weighted by atomic mass is 10.1. The van der Waals surface area contributed by atoms with Crippen LogP contribution >= 0.6 is 11.6 Å². The van der Waals surface area contributed by atoms with E-state index in [1.54, 1.807) is 18.2 Å². The van der Waals surface area contributed by atoms with Gasteiger partial charge in [0.2, 0.25) is 0 Å². The Morgan fingerprint density at radius 2 is 1.90 bits per heavy atom. The number of aliphatic hydroxyl groups is 1. The van der Waals surface area contributed by atoms with Crippen molar-refractivity contribution >= 4 is 23.2 Å². The van der Waals surface area contributed by atoms with Crippen molar-refractivity contribution in [3.8, 4) is 0 Å². The maximum atomic E-state index is 12.2. The van der Waals surface area contributed by atoms with E-state index < -0.39 is 0 Å². The molecule has 2 aromatic carbocycles. The van der Waals surface area contributed by atoms with Gasteiger partial charge in [0.15, 0.2) is 0 Å². The van der Waals surface area contributed by atoms with E-state index in [2.05, 4.69) is 5.32 Å². The van der Waals surface area contributed by atoms with Crippen molar-refractivity contribution < 1.29 is 9.90 Å². The highest BCUT2D eigenvalue weighted by Crippen LogP contribution is 2.22. The molecule has 0 aromatic heterocycles. The molecule has 0 heterocycles. The van der Waals surface area contributed by atoms with Gasteiger partial charge in [-0.25, -0.2) is 0 Å². The van der Waals surface area contributed by atoms with E-state index in [1.807, 2.05) is 30.3 Å². The van der Waals surface area contributed by atoms with Crippen LogP contribution in [0.2, 0.25) is 5.02 Å². The first-order valence-corrected chi connectivity index (χ1v) is 6.99. The number of amides is 1. The lowest BCUT2D eigenvalue weighted by Crippen LogP contribution is -2.39. The van der Waals surface area contributed by atoms with Gasteiger partial charge in [-0.1, -0.05) is 48.0 Å². The molecule has 2 rings (SSSR count). The summed E-state index contributed by atoms with van der Waals surface area (Å²) in [5.74, 6) is -0.343. The molecule has 5 heteroatoms. The van der Waals surface area contributed by atoms with Gasteiger partial charge in [0, 0.05) is 0 Å². The first-order chi connectivity index (χ1) is 10.1. The summed E-state index contributed by atoms with van der Waals surface area (Å²) in [4.78, 5) is 12.2. The summed E-state index contributed by atoms with van der Waals surface area (Å²) >= 11 is 5.90. The number of hydrogen-bond acceptors (Lipinski definition) is 3. The van der Waals surface area contributed by atoms with Gasteiger partial charge in [-0.05, 0) is 24.1 Å². The average molecular weight is 305 g/mol. The smallest absolute Gasteiger partial charge is 0.253 e. The molecule has 0 aliphatic heterocycles. The first-order valence-electron chi connectivity index (χ1n) is 6.61. The minimum Gasteiger partial charge on any atom is -0.397 e. The molecule has 4 nitrogen and oxygen atoms in total. The van der Waals surface area contributed by atoms with E-state index in [-0.39, 0.29) is 24.2 Å². The molecule has 0 saturated carbocycles. The molecule has 110 valence electrons. The lowest BCUT2D eigenvalue weighted by Gasteiger charge is -2.17. The van der Waals surface area contributed by atoms with Gasteiger partial charge in [0.05, 0.1) is 28.9 Å². The summed E-state index contributed by atoms with van der Waals surface area (Å²) in [7, 11) is 0. The molecular formula is C16H17ClN2O2. The number of nitrogen functional groups attached to an aromatic ring is 1. The Morgan fingerprint density at radius 3 is 2.57 bits per heavy atom. The largest absolute Gasteiger partial charge is 0.397 e. The minimum atomic E-state index is -0.377. The molecule has 0 bridgehead atoms. The molecule has 4 N–H and O–H groups in total. The molecule has 0 unspecified atom stereocenters. The van der Waals surface area contributed by atoms with Crippen molar-refractivity contribution in [1.82, 2.24) is 5.32 Å². The molecule has 21 heavy (non-hydrogen) atoms. The number of benzene rings is 2. The first kappa shape index (κ1) is 15.4. The van der Waals surface area contributed by atoms with Crippen molar-refractivity contribution in [3.63, 3.8) is 0 Å². The van der Waals surface area contributed by atoms with Crippen LogP contribution < -0.4 is 11.1 Å². The zero-order chi connectivity index (χ0) is 15.2. The van der Waals surface area contributed by atoms with Gasteiger partial charge in [-0.2, -0.15) is 0 Å². The summed E-state index contributed by atoms with van der Waals surface area (Å²) in [5, 5.41) is 12.5. The van der Waals surface area contributed by atoms with E-state index in [0.717, 1.165) is 5.56 Å². The molecule has 0 saturated heterocycles. The Morgan fingerprint density at radius 1 is 1.19 bits per heavy atom. The third-order valence-electron chi connectivity index (χ3n) is 3.18. The van der Waals surface area contributed by atoms with Gasteiger partial charge < -0.3 is 16.2 Å². The second-order valence-electron chi connectivity index (χ2n) is 4.74. The second kappa shape index (κ2) is 7.11. The zero-order valence-electron chi connectivity index (χ0n) is 11.4. The maximum Gasteiger partial charge on any atom is 0.253 e. The molecule has 2 aromatic rings. The van der Waals surface area contributed by atoms with Crippen molar-refractivity contribution in [3.05, 3.63) is 64.7 Å². The number of nitrogens with two attached hydrogens (primary N) is 1. The highest BCUT2D eigenvalue weighted by molar-refractivity contribution is 6.33. The average Bonchev–Trinajstić information content (AvgIpc) is 2.50. The summed E-state index contributed by atoms with van der Waals surface area (Å²) in [6.45, 7) is -0.152. The predicted octanol–water partition coefficient (Wildman–Crippen LogP) is 2.26. The zero-order valence-corrected chi connectivity index (χ0v) is 12.2. The van der Waals surface area contributed by atoms with Crippen LogP contribution in [-0.2, 0) is 6.42 Å². The second-order valence-corrected chi connectivity index (χ2v) is 5.15. The maximum absolute atomic E-state index is 12.2. The minimum absolute atomic E-state index is 0.152. The van der Waals surface area contributed by atoms with Crippen molar-refractivity contribution in [1.29, 1.82) is 0 Å². The highest BCUT2D eigenvalue weighted by atomic mass is 35.5. The number of aliphatic hydroxyl groups excluding tert-OH is 1. The van der Waals surface area contributed by atoms with Gasteiger partial charge in [0.1, 0.15) is 0 Å². The Balaban J connectivity index is 2.08. The fourth-order valence-corrected chi connectivity index (χ4v) is 2.23. The number of halogens is 1. The lowest BCUT2D eigenvalue weighted by molar-refractivity contribution is 0.0917. The SMILES string of the molecule is Nc1c(Cl)cccc1C(=O)N[C@@H](CO)Cc1ccccc1. The molecule has 0 spiro atoms. The van der Waals surface area contributed by atoms with Crippen LogP contribution in [0.4, 0.5) is 5.69 Å². The van der Waals surface area contributed by atoms with Crippen LogP contribution in [0.5, 0.6) is 0 Å². The van der Waals surface area contributed by atoms with Gasteiger partial charge in [0.25, 0.3) is 5.91 Å². The van der Waals surface area contributed by atoms with E-state index in [4.69, 9.17) is 17.3 Å². The molecule has 1 amide bonds. The molecule has 0 aliphatic carbocycles. The van der Waals surface area contributed by atoms with Gasteiger partial charge in [-0.15, -0.1) is 0 Å². The Labute approximate surface area is 128 Å². The number of para-hydroxylation sites is 1. The monoisotopic (exact) mass is 304 g/mol. The highest BCUT2D eigenvalue weighted by Gasteiger charge is 2.16. The fourth-order valence-electron chi connectivity index (χ4n) is 2.06. The van der Waals surface area contributed by atoms with Gasteiger partial charge >= 0.3 is 0 Å². The van der Waals surface area contributed by atoms with Crippen LogP contribution in [-0.4, -0.2) is 23.7 Å². The molecule has 0 aliphatic rings. The molecule has 1 atom stereocenters. The van der Waals surface area contributed by atoms with E-state index in [9.17, 15) is 9.90 Å². The van der Waals surface area contributed by atoms with E-state index >= 15 is 0 Å². The fraction of sp³-hybridized carbons (Fsp3) is 0.188. The Hall–Kier alpha value is -2.04. The number of carbonyl (C=O) groups excluding carboxylic acids is 1. The summed E-state index contributed by atoms with van der Waals surface area (Å²) in [6, 6.07) is 14.2. The number of rotatable bonds is 5. The standard InChI is InChI=1S/C16H17ClN2O2/c17-14-8-4-7-13(15(14)18)16(21)19-12(10-20)9-11-5-2-1-3-6-11/h1-8,12,20H,9-10,18H2,(H,19,21)/t12-/m1/s1. The number of carbonyl (C=O) groups is 1. The normalized spacial score (nSPS) is 11.9. The third-order valence-corrected chi connectivity index (χ3v) is 3.51. The summed E-state index contributed by atoms with van der Waals surface area (Å²) < 4.78 is 0. The Bertz CT molecular complexity index is 617. The third kappa shape index (κ3) is 3.97. The topological polar surface area (TPSA) is 75.4 Å². The summed E-state index contributed by atoms with van der Waals surface area (Å²) in [6.07, 6.45) is 0.545. The molecule has 0 radical (unpaired) electrons. The van der Waals surface area contributed by atoms with Crippen molar-refractivity contribution in [2.75, 3.05) is 12.3 Å². The van der Waals surface area contributed by atoms with Crippen LogP contribution in [0.3, 0.4) is 0 Å². The van der Waals surface area contributed by atoms with Crippen LogP contribution in [0.15, 0.2) is 48.5 Å².